The highest BCUT2D eigenvalue weighted by atomic mass is 16.5. The molecule has 1 amide bonds. The lowest BCUT2D eigenvalue weighted by atomic mass is 10.1. The summed E-state index contributed by atoms with van der Waals surface area (Å²) in [5.74, 6) is -0.570. The fraction of sp³-hybridized carbons (Fsp3) is 0.500. The molecule has 1 aromatic rings. The number of aliphatic carboxylic acids is 1. The number of hydrogen-bond donors (Lipinski definition) is 1. The zero-order valence-corrected chi connectivity index (χ0v) is 12.5. The average Bonchev–Trinajstić information content (AvgIpc) is 2.98. The lowest BCUT2D eigenvalue weighted by molar-refractivity contribution is -0.138. The molecule has 1 N–H and O–H groups in total. The van der Waals surface area contributed by atoms with Gasteiger partial charge in [-0.05, 0) is 37.5 Å². The van der Waals surface area contributed by atoms with Gasteiger partial charge in [0.15, 0.2) is 0 Å². The monoisotopic (exact) mass is 291 g/mol. The van der Waals surface area contributed by atoms with E-state index in [1.165, 1.54) is 4.90 Å². The Morgan fingerprint density at radius 1 is 1.33 bits per heavy atom. The van der Waals surface area contributed by atoms with E-state index >= 15 is 0 Å². The van der Waals surface area contributed by atoms with Crippen molar-refractivity contribution in [2.24, 2.45) is 0 Å². The number of amides is 1. The van der Waals surface area contributed by atoms with Crippen LogP contribution in [0.15, 0.2) is 18.2 Å². The standard InChI is InChI=1S/C16H21NO4/c1-11-7-8-12(9-14(11)21-2)16(20)17(10-15(18)19)13-5-3-4-6-13/h7-9,13H,3-6,10H2,1-2H3,(H,18,19). The molecular weight excluding hydrogens is 270 g/mol. The molecule has 0 bridgehead atoms. The van der Waals surface area contributed by atoms with Crippen molar-refractivity contribution in [3.05, 3.63) is 29.3 Å². The van der Waals surface area contributed by atoms with Crippen LogP contribution in [-0.4, -0.2) is 41.6 Å². The van der Waals surface area contributed by atoms with E-state index in [1.54, 1.807) is 19.2 Å². The van der Waals surface area contributed by atoms with Gasteiger partial charge in [-0.25, -0.2) is 0 Å². The van der Waals surface area contributed by atoms with Gasteiger partial charge in [0, 0.05) is 11.6 Å². The molecule has 0 heterocycles. The van der Waals surface area contributed by atoms with Crippen molar-refractivity contribution in [3.8, 4) is 5.75 Å². The molecule has 1 saturated carbocycles. The molecular formula is C16H21NO4. The zero-order chi connectivity index (χ0) is 15.4. The maximum Gasteiger partial charge on any atom is 0.323 e. The first-order valence-electron chi connectivity index (χ1n) is 7.20. The number of carboxylic acid groups (broad SMARTS) is 1. The Morgan fingerprint density at radius 3 is 2.57 bits per heavy atom. The first kappa shape index (κ1) is 15.4. The molecule has 1 aliphatic rings. The van der Waals surface area contributed by atoms with Crippen LogP contribution in [0.25, 0.3) is 0 Å². The smallest absolute Gasteiger partial charge is 0.323 e. The van der Waals surface area contributed by atoms with E-state index in [0.29, 0.717) is 11.3 Å². The third kappa shape index (κ3) is 3.54. The highest BCUT2D eigenvalue weighted by Gasteiger charge is 2.29. The van der Waals surface area contributed by atoms with E-state index in [0.717, 1.165) is 31.2 Å². The highest BCUT2D eigenvalue weighted by molar-refractivity contribution is 5.96. The topological polar surface area (TPSA) is 66.8 Å². The van der Waals surface area contributed by atoms with E-state index in [-0.39, 0.29) is 18.5 Å². The number of aryl methyl sites for hydroxylation is 1. The molecule has 0 aromatic heterocycles. The van der Waals surface area contributed by atoms with E-state index in [1.807, 2.05) is 13.0 Å². The molecule has 0 atom stereocenters. The second-order valence-corrected chi connectivity index (χ2v) is 5.45. The Kier molecular flexibility index (Phi) is 4.83. The summed E-state index contributed by atoms with van der Waals surface area (Å²) in [6, 6.07) is 5.26. The molecule has 5 heteroatoms. The number of methoxy groups -OCH3 is 1. The minimum Gasteiger partial charge on any atom is -0.496 e. The summed E-state index contributed by atoms with van der Waals surface area (Å²) in [4.78, 5) is 25.2. The normalized spacial score (nSPS) is 15.0. The van der Waals surface area contributed by atoms with Crippen molar-refractivity contribution in [1.82, 2.24) is 4.90 Å². The molecule has 0 spiro atoms. The summed E-state index contributed by atoms with van der Waals surface area (Å²) >= 11 is 0. The largest absolute Gasteiger partial charge is 0.496 e. The summed E-state index contributed by atoms with van der Waals surface area (Å²) in [5, 5.41) is 9.07. The van der Waals surface area contributed by atoms with Crippen LogP contribution in [0.3, 0.4) is 0 Å². The van der Waals surface area contributed by atoms with Gasteiger partial charge in [-0.15, -0.1) is 0 Å². The molecule has 2 rings (SSSR count). The number of benzene rings is 1. The van der Waals surface area contributed by atoms with E-state index in [9.17, 15) is 9.59 Å². The fourth-order valence-electron chi connectivity index (χ4n) is 2.85. The van der Waals surface area contributed by atoms with Crippen LogP contribution in [0.1, 0.15) is 41.6 Å². The van der Waals surface area contributed by atoms with Crippen LogP contribution in [0, 0.1) is 6.92 Å². The summed E-state index contributed by atoms with van der Waals surface area (Å²) in [5.41, 5.74) is 1.42. The van der Waals surface area contributed by atoms with Crippen molar-refractivity contribution in [2.75, 3.05) is 13.7 Å². The lowest BCUT2D eigenvalue weighted by Gasteiger charge is -2.27. The van der Waals surface area contributed by atoms with E-state index < -0.39 is 5.97 Å². The molecule has 1 aliphatic carbocycles. The van der Waals surface area contributed by atoms with Crippen molar-refractivity contribution in [1.29, 1.82) is 0 Å². The first-order valence-corrected chi connectivity index (χ1v) is 7.20. The van der Waals surface area contributed by atoms with Crippen molar-refractivity contribution in [2.45, 2.75) is 38.6 Å². The summed E-state index contributed by atoms with van der Waals surface area (Å²) in [6.45, 7) is 1.65. The zero-order valence-electron chi connectivity index (χ0n) is 12.5. The van der Waals surface area contributed by atoms with Crippen LogP contribution in [0.5, 0.6) is 5.75 Å². The van der Waals surface area contributed by atoms with Gasteiger partial charge in [0.25, 0.3) is 5.91 Å². The number of ether oxygens (including phenoxy) is 1. The molecule has 1 fully saturated rings. The van der Waals surface area contributed by atoms with Gasteiger partial charge in [0.1, 0.15) is 12.3 Å². The minimum absolute atomic E-state index is 0.0286. The first-order chi connectivity index (χ1) is 10.0. The van der Waals surface area contributed by atoms with Gasteiger partial charge < -0.3 is 14.7 Å². The molecule has 0 unspecified atom stereocenters. The number of carbonyl (C=O) groups excluding carboxylic acids is 1. The average molecular weight is 291 g/mol. The molecule has 21 heavy (non-hydrogen) atoms. The molecule has 5 nitrogen and oxygen atoms in total. The quantitative estimate of drug-likeness (QED) is 0.905. The Balaban J connectivity index is 2.26. The Labute approximate surface area is 124 Å². The number of carbonyl (C=O) groups is 2. The van der Waals surface area contributed by atoms with Gasteiger partial charge >= 0.3 is 5.97 Å². The van der Waals surface area contributed by atoms with E-state index in [4.69, 9.17) is 9.84 Å². The van der Waals surface area contributed by atoms with Crippen LogP contribution < -0.4 is 4.74 Å². The van der Waals surface area contributed by atoms with Gasteiger partial charge in [-0.2, -0.15) is 0 Å². The molecule has 1 aromatic carbocycles. The van der Waals surface area contributed by atoms with Crippen molar-refractivity contribution < 1.29 is 19.4 Å². The SMILES string of the molecule is COc1cc(C(=O)N(CC(=O)O)C2CCCC2)ccc1C. The van der Waals surface area contributed by atoms with Gasteiger partial charge in [0.05, 0.1) is 7.11 Å². The van der Waals surface area contributed by atoms with Crippen molar-refractivity contribution in [3.63, 3.8) is 0 Å². The summed E-state index contributed by atoms with van der Waals surface area (Å²) < 4.78 is 5.24. The number of hydrogen-bond acceptors (Lipinski definition) is 3. The third-order valence-corrected chi connectivity index (χ3v) is 3.99. The predicted molar refractivity (Wildman–Crippen MR) is 78.7 cm³/mol. The second kappa shape index (κ2) is 6.61. The molecule has 0 saturated heterocycles. The van der Waals surface area contributed by atoms with E-state index in [2.05, 4.69) is 0 Å². The third-order valence-electron chi connectivity index (χ3n) is 3.99. The highest BCUT2D eigenvalue weighted by Crippen LogP contribution is 2.26. The maximum absolute atomic E-state index is 12.7. The van der Waals surface area contributed by atoms with Crippen LogP contribution in [0.4, 0.5) is 0 Å². The Hall–Kier alpha value is -2.04. The summed E-state index contributed by atoms with van der Waals surface area (Å²) in [6.07, 6.45) is 3.85. The van der Waals surface area contributed by atoms with Crippen LogP contribution in [0.2, 0.25) is 0 Å². The molecule has 0 aliphatic heterocycles. The molecule has 114 valence electrons. The van der Waals surface area contributed by atoms with Crippen molar-refractivity contribution >= 4 is 11.9 Å². The predicted octanol–water partition coefficient (Wildman–Crippen LogP) is 2.47. The van der Waals surface area contributed by atoms with Gasteiger partial charge in [0.2, 0.25) is 0 Å². The maximum atomic E-state index is 12.7. The second-order valence-electron chi connectivity index (χ2n) is 5.45. The number of rotatable bonds is 5. The minimum atomic E-state index is -0.977. The van der Waals surface area contributed by atoms with Crippen LogP contribution in [-0.2, 0) is 4.79 Å². The Morgan fingerprint density at radius 2 is 2.00 bits per heavy atom. The fourth-order valence-corrected chi connectivity index (χ4v) is 2.85. The van der Waals surface area contributed by atoms with Crippen LogP contribution >= 0.6 is 0 Å². The lowest BCUT2D eigenvalue weighted by Crippen LogP contribution is -2.42. The number of carboxylic acids is 1. The molecule has 0 radical (unpaired) electrons. The summed E-state index contributed by atoms with van der Waals surface area (Å²) in [7, 11) is 1.56. The number of nitrogens with zero attached hydrogens (tertiary/aromatic N) is 1. The van der Waals surface area contributed by atoms with Gasteiger partial charge in [-0.3, -0.25) is 9.59 Å². The van der Waals surface area contributed by atoms with Gasteiger partial charge in [-0.1, -0.05) is 18.9 Å². The Bertz CT molecular complexity index is 535.